The summed E-state index contributed by atoms with van der Waals surface area (Å²) in [5.74, 6) is -0.241. The van der Waals surface area contributed by atoms with E-state index >= 15 is 0 Å². The number of carbonyl (C=O) groups is 1. The summed E-state index contributed by atoms with van der Waals surface area (Å²) in [6, 6.07) is 4.41. The summed E-state index contributed by atoms with van der Waals surface area (Å²) in [5, 5.41) is 2.41. The van der Waals surface area contributed by atoms with Gasteiger partial charge in [0.25, 0.3) is 5.91 Å². The maximum Gasteiger partial charge on any atom is 0.417 e. The molecule has 0 bridgehead atoms. The molecule has 0 radical (unpaired) electrons. The highest BCUT2D eigenvalue weighted by Gasteiger charge is 2.36. The first kappa shape index (κ1) is 19.9. The predicted octanol–water partition coefficient (Wildman–Crippen LogP) is 3.67. The fourth-order valence-corrected chi connectivity index (χ4v) is 3.29. The number of anilines is 1. The van der Waals surface area contributed by atoms with Gasteiger partial charge in [-0.05, 0) is 25.1 Å². The molecule has 0 aliphatic carbocycles. The molecular weight excluding hydrogens is 395 g/mol. The first-order valence-electron chi connectivity index (χ1n) is 8.39. The third-order valence-corrected chi connectivity index (χ3v) is 4.90. The smallest absolute Gasteiger partial charge is 0.399 e. The summed E-state index contributed by atoms with van der Waals surface area (Å²) in [6.07, 6.45) is -1.13. The number of rotatable bonds is 3. The van der Waals surface area contributed by atoms with E-state index in [1.54, 1.807) is 25.4 Å². The van der Waals surface area contributed by atoms with Gasteiger partial charge in [0.2, 0.25) is 5.95 Å². The van der Waals surface area contributed by atoms with Crippen molar-refractivity contribution in [3.63, 3.8) is 0 Å². The SMILES string of the molecule is CC1C(N)=C(Nc2ncccn2)CCN1C(=O)c1cccc(C(F)(F)F)c1Cl. The summed E-state index contributed by atoms with van der Waals surface area (Å²) in [6.45, 7) is 1.95. The Morgan fingerprint density at radius 3 is 2.61 bits per heavy atom. The number of nitrogens with two attached hydrogens (primary N) is 1. The van der Waals surface area contributed by atoms with Gasteiger partial charge in [0, 0.05) is 31.1 Å². The molecule has 0 saturated heterocycles. The number of nitrogens with one attached hydrogen (secondary N) is 1. The van der Waals surface area contributed by atoms with Crippen molar-refractivity contribution in [3.05, 3.63) is 64.2 Å². The quantitative estimate of drug-likeness (QED) is 0.805. The molecule has 1 unspecified atom stereocenters. The maximum absolute atomic E-state index is 13.1. The van der Waals surface area contributed by atoms with E-state index in [2.05, 4.69) is 15.3 Å². The number of alkyl halides is 3. The number of nitrogens with zero attached hydrogens (tertiary/aromatic N) is 3. The molecule has 148 valence electrons. The van der Waals surface area contributed by atoms with Gasteiger partial charge in [0.15, 0.2) is 0 Å². The molecule has 2 aromatic rings. The number of hydrogen-bond donors (Lipinski definition) is 2. The maximum atomic E-state index is 13.1. The van der Waals surface area contributed by atoms with Crippen molar-refractivity contribution in [2.24, 2.45) is 5.73 Å². The van der Waals surface area contributed by atoms with E-state index in [9.17, 15) is 18.0 Å². The van der Waals surface area contributed by atoms with Crippen molar-refractivity contribution in [2.45, 2.75) is 25.6 Å². The summed E-state index contributed by atoms with van der Waals surface area (Å²) < 4.78 is 39.2. The molecule has 1 aromatic heterocycles. The largest absolute Gasteiger partial charge is 0.417 e. The van der Waals surface area contributed by atoms with Crippen molar-refractivity contribution in [1.29, 1.82) is 0 Å². The number of amides is 1. The van der Waals surface area contributed by atoms with Crippen LogP contribution in [0.5, 0.6) is 0 Å². The molecule has 0 fully saturated rings. The van der Waals surface area contributed by atoms with Crippen LogP contribution in [-0.4, -0.2) is 33.4 Å². The monoisotopic (exact) mass is 411 g/mol. The normalized spacial score (nSPS) is 17.6. The van der Waals surface area contributed by atoms with Gasteiger partial charge in [-0.1, -0.05) is 17.7 Å². The first-order valence-corrected chi connectivity index (χ1v) is 8.77. The molecule has 0 saturated carbocycles. The van der Waals surface area contributed by atoms with Crippen LogP contribution in [0.15, 0.2) is 48.1 Å². The Bertz CT molecular complexity index is 917. The molecule has 1 amide bonds. The van der Waals surface area contributed by atoms with Gasteiger partial charge in [-0.25, -0.2) is 9.97 Å². The number of carbonyl (C=O) groups excluding carboxylic acids is 1. The summed E-state index contributed by atoms with van der Waals surface area (Å²) >= 11 is 5.89. The molecule has 2 heterocycles. The molecule has 6 nitrogen and oxygen atoms in total. The molecular formula is C18H17ClF3N5O. The van der Waals surface area contributed by atoms with Gasteiger partial charge in [-0.15, -0.1) is 0 Å². The van der Waals surface area contributed by atoms with Crippen molar-refractivity contribution in [1.82, 2.24) is 14.9 Å². The molecule has 1 atom stereocenters. The second-order valence-corrected chi connectivity index (χ2v) is 6.60. The van der Waals surface area contributed by atoms with E-state index in [0.29, 0.717) is 23.8 Å². The average molecular weight is 412 g/mol. The Hall–Kier alpha value is -2.81. The molecule has 1 aromatic carbocycles. The Morgan fingerprint density at radius 1 is 1.29 bits per heavy atom. The molecule has 1 aliphatic rings. The van der Waals surface area contributed by atoms with Crippen LogP contribution in [0.4, 0.5) is 19.1 Å². The summed E-state index contributed by atoms with van der Waals surface area (Å²) in [4.78, 5) is 22.4. The lowest BCUT2D eigenvalue weighted by atomic mass is 10.0. The lowest BCUT2D eigenvalue weighted by Gasteiger charge is -2.35. The number of aromatic nitrogens is 2. The fraction of sp³-hybridized carbons (Fsp3) is 0.278. The Kier molecular flexibility index (Phi) is 5.46. The lowest BCUT2D eigenvalue weighted by molar-refractivity contribution is -0.137. The van der Waals surface area contributed by atoms with Crippen molar-refractivity contribution in [2.75, 3.05) is 11.9 Å². The van der Waals surface area contributed by atoms with Crippen LogP contribution >= 0.6 is 11.6 Å². The van der Waals surface area contributed by atoms with Gasteiger partial charge in [0.1, 0.15) is 0 Å². The van der Waals surface area contributed by atoms with Crippen molar-refractivity contribution >= 4 is 23.5 Å². The Morgan fingerprint density at radius 2 is 1.96 bits per heavy atom. The van der Waals surface area contributed by atoms with Gasteiger partial charge in [0.05, 0.1) is 27.9 Å². The zero-order valence-electron chi connectivity index (χ0n) is 14.8. The van der Waals surface area contributed by atoms with Crippen LogP contribution in [0.2, 0.25) is 5.02 Å². The van der Waals surface area contributed by atoms with Crippen molar-refractivity contribution in [3.8, 4) is 0 Å². The lowest BCUT2D eigenvalue weighted by Crippen LogP contribution is -2.46. The fourth-order valence-electron chi connectivity index (χ4n) is 2.97. The molecule has 1 aliphatic heterocycles. The van der Waals surface area contributed by atoms with Crippen LogP contribution in [0, 0.1) is 0 Å². The van der Waals surface area contributed by atoms with Crippen molar-refractivity contribution < 1.29 is 18.0 Å². The van der Waals surface area contributed by atoms with Gasteiger partial charge in [-0.2, -0.15) is 13.2 Å². The molecule has 0 spiro atoms. The third-order valence-electron chi connectivity index (χ3n) is 4.49. The van der Waals surface area contributed by atoms with Crippen LogP contribution in [0.25, 0.3) is 0 Å². The highest BCUT2D eigenvalue weighted by atomic mass is 35.5. The Balaban J connectivity index is 1.85. The Labute approximate surface area is 164 Å². The van der Waals surface area contributed by atoms with E-state index in [4.69, 9.17) is 17.3 Å². The van der Waals surface area contributed by atoms with Crippen LogP contribution in [0.3, 0.4) is 0 Å². The zero-order valence-corrected chi connectivity index (χ0v) is 15.6. The van der Waals surface area contributed by atoms with E-state index < -0.39 is 28.7 Å². The van der Waals surface area contributed by atoms with Crippen LogP contribution in [0.1, 0.15) is 29.3 Å². The second kappa shape index (κ2) is 7.67. The third kappa shape index (κ3) is 3.89. The van der Waals surface area contributed by atoms with E-state index in [1.165, 1.54) is 11.0 Å². The van der Waals surface area contributed by atoms with Gasteiger partial charge >= 0.3 is 6.18 Å². The van der Waals surface area contributed by atoms with Crippen LogP contribution in [-0.2, 0) is 6.18 Å². The summed E-state index contributed by atoms with van der Waals surface area (Å²) in [5.41, 5.74) is 5.96. The molecule has 28 heavy (non-hydrogen) atoms. The van der Waals surface area contributed by atoms with Gasteiger partial charge in [-0.3, -0.25) is 4.79 Å². The number of hydrogen-bond acceptors (Lipinski definition) is 5. The molecule has 3 rings (SSSR count). The van der Waals surface area contributed by atoms with E-state index in [-0.39, 0.29) is 12.1 Å². The topological polar surface area (TPSA) is 84.1 Å². The minimum Gasteiger partial charge on any atom is -0.399 e. The molecule has 10 heteroatoms. The van der Waals surface area contributed by atoms with Gasteiger partial charge < -0.3 is 16.0 Å². The standard InChI is InChI=1S/C18H17ClF3N5O/c1-10-15(23)13(26-17-24-7-3-8-25-17)6-9-27(10)16(28)11-4-2-5-12(14(11)19)18(20,21)22/h2-5,7-8,10H,6,9,23H2,1H3,(H,24,25,26). The number of halogens is 4. The van der Waals surface area contributed by atoms with E-state index in [0.717, 1.165) is 12.1 Å². The highest BCUT2D eigenvalue weighted by molar-refractivity contribution is 6.34. The highest BCUT2D eigenvalue weighted by Crippen LogP contribution is 2.37. The summed E-state index contributed by atoms with van der Waals surface area (Å²) in [7, 11) is 0. The van der Waals surface area contributed by atoms with Crippen LogP contribution < -0.4 is 11.1 Å². The van der Waals surface area contributed by atoms with E-state index in [1.807, 2.05) is 0 Å². The minimum atomic E-state index is -4.65. The zero-order chi connectivity index (χ0) is 20.5. The second-order valence-electron chi connectivity index (χ2n) is 6.22. The minimum absolute atomic E-state index is 0.209. The number of benzene rings is 1. The first-order chi connectivity index (χ1) is 13.2. The predicted molar refractivity (Wildman–Crippen MR) is 98.4 cm³/mol. The average Bonchev–Trinajstić information content (AvgIpc) is 2.65. The molecule has 3 N–H and O–H groups in total.